The topological polar surface area (TPSA) is 32.3 Å². The Morgan fingerprint density at radius 3 is 2.41 bits per heavy atom. The molecule has 17 heavy (non-hydrogen) atoms. The van der Waals surface area contributed by atoms with E-state index in [-0.39, 0.29) is 11.8 Å². The van der Waals surface area contributed by atoms with Gasteiger partial charge in [0.25, 0.3) is 0 Å². The van der Waals surface area contributed by atoms with Gasteiger partial charge in [0, 0.05) is 32.2 Å². The fourth-order valence-electron chi connectivity index (χ4n) is 1.92. The molecule has 2 atom stereocenters. The molecular formula is C14H20N2O. The summed E-state index contributed by atoms with van der Waals surface area (Å²) in [7, 11) is 4.04. The van der Waals surface area contributed by atoms with E-state index >= 15 is 0 Å². The Kier molecular flexibility index (Phi) is 3.36. The minimum absolute atomic E-state index is 0.203. The number of carbonyl (C=O) groups is 1. The summed E-state index contributed by atoms with van der Waals surface area (Å²) < 4.78 is 0. The molecule has 2 rings (SSSR count). The van der Waals surface area contributed by atoms with Crippen LogP contribution in [0, 0.1) is 11.8 Å². The van der Waals surface area contributed by atoms with Gasteiger partial charge in [0.1, 0.15) is 0 Å². The highest BCUT2D eigenvalue weighted by molar-refractivity contribution is 5.81. The molecule has 92 valence electrons. The summed E-state index contributed by atoms with van der Waals surface area (Å²) in [4.78, 5) is 13.7. The molecule has 0 radical (unpaired) electrons. The highest BCUT2D eigenvalue weighted by atomic mass is 16.2. The van der Waals surface area contributed by atoms with Crippen molar-refractivity contribution in [2.75, 3.05) is 19.0 Å². The second kappa shape index (κ2) is 4.78. The molecule has 1 aromatic rings. The molecule has 1 aromatic carbocycles. The molecule has 0 saturated heterocycles. The van der Waals surface area contributed by atoms with Gasteiger partial charge in [-0.15, -0.1) is 0 Å². The number of nitrogens with zero attached hydrogens (tertiary/aromatic N) is 1. The van der Waals surface area contributed by atoms with E-state index in [1.165, 1.54) is 5.69 Å². The van der Waals surface area contributed by atoms with Crippen LogP contribution < -0.4 is 10.2 Å². The normalized spacial score (nSPS) is 22.1. The van der Waals surface area contributed by atoms with Crippen LogP contribution in [0.3, 0.4) is 0 Å². The number of rotatable bonds is 4. The quantitative estimate of drug-likeness (QED) is 0.861. The molecule has 0 heterocycles. The summed E-state index contributed by atoms with van der Waals surface area (Å²) in [5.74, 6) is 1.04. The van der Waals surface area contributed by atoms with Gasteiger partial charge in [-0.2, -0.15) is 0 Å². The Labute approximate surface area is 103 Å². The highest BCUT2D eigenvalue weighted by Gasteiger charge is 2.38. The summed E-state index contributed by atoms with van der Waals surface area (Å²) in [6.07, 6.45) is 1.05. The monoisotopic (exact) mass is 232 g/mol. The minimum Gasteiger partial charge on any atom is -0.378 e. The smallest absolute Gasteiger partial charge is 0.223 e. The van der Waals surface area contributed by atoms with Crippen molar-refractivity contribution in [1.29, 1.82) is 0 Å². The van der Waals surface area contributed by atoms with Crippen molar-refractivity contribution in [3.63, 3.8) is 0 Å². The molecule has 0 aromatic heterocycles. The highest BCUT2D eigenvalue weighted by Crippen LogP contribution is 2.37. The summed E-state index contributed by atoms with van der Waals surface area (Å²) in [6, 6.07) is 8.26. The summed E-state index contributed by atoms with van der Waals surface area (Å²) >= 11 is 0. The van der Waals surface area contributed by atoms with E-state index in [0.29, 0.717) is 12.5 Å². The van der Waals surface area contributed by atoms with Gasteiger partial charge in [0.05, 0.1) is 0 Å². The van der Waals surface area contributed by atoms with Crippen LogP contribution in [0.25, 0.3) is 0 Å². The molecule has 1 fully saturated rings. The van der Waals surface area contributed by atoms with Crippen molar-refractivity contribution in [3.05, 3.63) is 29.8 Å². The Morgan fingerprint density at radius 2 is 1.94 bits per heavy atom. The van der Waals surface area contributed by atoms with Gasteiger partial charge in [0.15, 0.2) is 0 Å². The third kappa shape index (κ3) is 2.99. The lowest BCUT2D eigenvalue weighted by Crippen LogP contribution is -2.24. The number of benzene rings is 1. The molecule has 1 aliphatic rings. The van der Waals surface area contributed by atoms with E-state index in [0.717, 1.165) is 12.0 Å². The second-order valence-electron chi connectivity index (χ2n) is 5.10. The zero-order chi connectivity index (χ0) is 12.4. The van der Waals surface area contributed by atoms with Crippen LogP contribution in [0.15, 0.2) is 24.3 Å². The number of nitrogens with one attached hydrogen (secondary N) is 1. The third-order valence-electron chi connectivity index (χ3n) is 3.37. The molecule has 1 saturated carbocycles. The first-order valence-electron chi connectivity index (χ1n) is 6.12. The van der Waals surface area contributed by atoms with Crippen LogP contribution in [0.1, 0.15) is 18.9 Å². The molecule has 1 aliphatic carbocycles. The van der Waals surface area contributed by atoms with Crippen molar-refractivity contribution in [2.24, 2.45) is 11.8 Å². The number of hydrogen-bond donors (Lipinski definition) is 1. The first-order valence-corrected chi connectivity index (χ1v) is 6.12. The summed E-state index contributed by atoms with van der Waals surface area (Å²) in [5.41, 5.74) is 2.33. The van der Waals surface area contributed by atoms with Gasteiger partial charge in [-0.3, -0.25) is 4.79 Å². The maximum absolute atomic E-state index is 11.6. The SMILES string of the molecule is C[C@@H]1C[C@H]1C(=O)NCc1ccc(N(C)C)cc1. The lowest BCUT2D eigenvalue weighted by Gasteiger charge is -2.12. The fraction of sp³-hybridized carbons (Fsp3) is 0.500. The molecule has 1 amide bonds. The lowest BCUT2D eigenvalue weighted by molar-refractivity contribution is -0.122. The molecule has 1 N–H and O–H groups in total. The second-order valence-corrected chi connectivity index (χ2v) is 5.10. The predicted octanol–water partition coefficient (Wildman–Crippen LogP) is 2.02. The average Bonchev–Trinajstić information content (AvgIpc) is 3.04. The standard InChI is InChI=1S/C14H20N2O/c1-10-8-13(10)14(17)15-9-11-4-6-12(7-5-11)16(2)3/h4-7,10,13H,8-9H2,1-3H3,(H,15,17)/t10-,13-/m1/s1. The van der Waals surface area contributed by atoms with E-state index in [2.05, 4.69) is 41.4 Å². The van der Waals surface area contributed by atoms with Gasteiger partial charge in [0.2, 0.25) is 5.91 Å². The fourth-order valence-corrected chi connectivity index (χ4v) is 1.92. The van der Waals surface area contributed by atoms with Crippen molar-refractivity contribution in [3.8, 4) is 0 Å². The summed E-state index contributed by atoms with van der Waals surface area (Å²) in [5, 5.41) is 2.99. The largest absolute Gasteiger partial charge is 0.378 e. The Balaban J connectivity index is 1.84. The van der Waals surface area contributed by atoms with Crippen molar-refractivity contribution < 1.29 is 4.79 Å². The van der Waals surface area contributed by atoms with Gasteiger partial charge in [-0.05, 0) is 30.0 Å². The van der Waals surface area contributed by atoms with Gasteiger partial charge >= 0.3 is 0 Å². The molecule has 0 aliphatic heterocycles. The minimum atomic E-state index is 0.203. The van der Waals surface area contributed by atoms with Gasteiger partial charge < -0.3 is 10.2 Å². The maximum atomic E-state index is 11.6. The number of carbonyl (C=O) groups excluding carboxylic acids is 1. The van der Waals surface area contributed by atoms with Crippen LogP contribution in [0.5, 0.6) is 0 Å². The number of amides is 1. The molecule has 3 heteroatoms. The molecule has 0 unspecified atom stereocenters. The van der Waals surface area contributed by atoms with E-state index in [1.807, 2.05) is 14.1 Å². The zero-order valence-corrected chi connectivity index (χ0v) is 10.7. The van der Waals surface area contributed by atoms with Gasteiger partial charge in [-0.1, -0.05) is 19.1 Å². The Bertz CT molecular complexity index is 397. The Morgan fingerprint density at radius 1 is 1.35 bits per heavy atom. The third-order valence-corrected chi connectivity index (χ3v) is 3.37. The first kappa shape index (κ1) is 12.0. The first-order chi connectivity index (χ1) is 8.08. The van der Waals surface area contributed by atoms with E-state index in [1.54, 1.807) is 0 Å². The van der Waals surface area contributed by atoms with Crippen LogP contribution in [-0.2, 0) is 11.3 Å². The van der Waals surface area contributed by atoms with Gasteiger partial charge in [-0.25, -0.2) is 0 Å². The molecule has 3 nitrogen and oxygen atoms in total. The maximum Gasteiger partial charge on any atom is 0.223 e. The predicted molar refractivity (Wildman–Crippen MR) is 69.9 cm³/mol. The molecule has 0 spiro atoms. The van der Waals surface area contributed by atoms with E-state index in [9.17, 15) is 4.79 Å². The Hall–Kier alpha value is -1.51. The number of hydrogen-bond acceptors (Lipinski definition) is 2. The lowest BCUT2D eigenvalue weighted by atomic mass is 10.2. The van der Waals surface area contributed by atoms with Crippen LogP contribution in [0.2, 0.25) is 0 Å². The van der Waals surface area contributed by atoms with Crippen molar-refractivity contribution in [2.45, 2.75) is 19.9 Å². The van der Waals surface area contributed by atoms with Crippen molar-refractivity contribution >= 4 is 11.6 Å². The zero-order valence-electron chi connectivity index (χ0n) is 10.7. The summed E-state index contributed by atoms with van der Waals surface area (Å²) in [6.45, 7) is 2.76. The van der Waals surface area contributed by atoms with E-state index in [4.69, 9.17) is 0 Å². The van der Waals surface area contributed by atoms with Crippen LogP contribution >= 0.6 is 0 Å². The van der Waals surface area contributed by atoms with Crippen LogP contribution in [0.4, 0.5) is 5.69 Å². The molecular weight excluding hydrogens is 212 g/mol. The molecule has 0 bridgehead atoms. The number of anilines is 1. The van der Waals surface area contributed by atoms with Crippen LogP contribution in [-0.4, -0.2) is 20.0 Å². The van der Waals surface area contributed by atoms with E-state index < -0.39 is 0 Å². The van der Waals surface area contributed by atoms with Crippen molar-refractivity contribution in [1.82, 2.24) is 5.32 Å². The average molecular weight is 232 g/mol.